The molecular formula is C13H9BrFNO3. The zero-order valence-electron chi connectivity index (χ0n) is 9.64. The van der Waals surface area contributed by atoms with Crippen molar-refractivity contribution in [1.82, 2.24) is 4.98 Å². The Morgan fingerprint density at radius 2 is 2.16 bits per heavy atom. The van der Waals surface area contributed by atoms with Gasteiger partial charge in [0.1, 0.15) is 12.3 Å². The second-order valence-electron chi connectivity index (χ2n) is 3.70. The van der Waals surface area contributed by atoms with Crippen molar-refractivity contribution >= 4 is 21.9 Å². The third kappa shape index (κ3) is 3.29. The number of benzene rings is 1. The smallest absolute Gasteiger partial charge is 0.354 e. The Kier molecular flexibility index (Phi) is 4.11. The molecule has 2 aromatic rings. The summed E-state index contributed by atoms with van der Waals surface area (Å²) in [5.74, 6) is -1.44. The standard InChI is InChI=1S/C13H9BrFNO3/c14-9-2-1-3-11(12(9)15)19-7-8-4-5-10(13(17)18)16-6-8/h1-6H,7H2,(H,17,18). The van der Waals surface area contributed by atoms with Gasteiger partial charge in [0.25, 0.3) is 0 Å². The quantitative estimate of drug-likeness (QED) is 0.937. The fourth-order valence-electron chi connectivity index (χ4n) is 1.39. The second-order valence-corrected chi connectivity index (χ2v) is 4.55. The molecule has 1 aromatic heterocycles. The predicted molar refractivity (Wildman–Crippen MR) is 69.6 cm³/mol. The first kappa shape index (κ1) is 13.5. The topological polar surface area (TPSA) is 59.4 Å². The number of ether oxygens (including phenoxy) is 1. The van der Waals surface area contributed by atoms with Crippen molar-refractivity contribution in [3.8, 4) is 5.75 Å². The van der Waals surface area contributed by atoms with E-state index in [9.17, 15) is 9.18 Å². The molecule has 0 atom stereocenters. The summed E-state index contributed by atoms with van der Waals surface area (Å²) in [6.45, 7) is 0.111. The van der Waals surface area contributed by atoms with Crippen LogP contribution in [0.25, 0.3) is 0 Å². The maximum absolute atomic E-state index is 13.6. The van der Waals surface area contributed by atoms with Gasteiger partial charge < -0.3 is 9.84 Å². The molecule has 0 radical (unpaired) electrons. The minimum absolute atomic E-state index is 0.0441. The summed E-state index contributed by atoms with van der Waals surface area (Å²) in [7, 11) is 0. The molecule has 4 nitrogen and oxygen atoms in total. The van der Waals surface area contributed by atoms with E-state index in [0.717, 1.165) is 0 Å². The summed E-state index contributed by atoms with van der Waals surface area (Å²) in [6, 6.07) is 7.70. The van der Waals surface area contributed by atoms with Crippen LogP contribution in [0.2, 0.25) is 0 Å². The second kappa shape index (κ2) is 5.79. The van der Waals surface area contributed by atoms with E-state index in [1.165, 1.54) is 18.3 Å². The number of halogens is 2. The Hall–Kier alpha value is -1.95. The van der Waals surface area contributed by atoms with E-state index < -0.39 is 11.8 Å². The molecule has 0 aliphatic heterocycles. The molecule has 2 rings (SSSR count). The van der Waals surface area contributed by atoms with Crippen LogP contribution in [-0.4, -0.2) is 16.1 Å². The maximum Gasteiger partial charge on any atom is 0.354 e. The average Bonchev–Trinajstić information content (AvgIpc) is 2.41. The van der Waals surface area contributed by atoms with Gasteiger partial charge in [-0.1, -0.05) is 12.1 Å². The van der Waals surface area contributed by atoms with Gasteiger partial charge in [-0.2, -0.15) is 0 Å². The normalized spacial score (nSPS) is 10.2. The van der Waals surface area contributed by atoms with Gasteiger partial charge in [-0.05, 0) is 34.1 Å². The highest BCUT2D eigenvalue weighted by atomic mass is 79.9. The van der Waals surface area contributed by atoms with Gasteiger partial charge in [-0.3, -0.25) is 0 Å². The van der Waals surface area contributed by atoms with Crippen LogP contribution in [0.15, 0.2) is 41.0 Å². The number of carboxylic acid groups (broad SMARTS) is 1. The van der Waals surface area contributed by atoms with E-state index in [1.54, 1.807) is 18.2 Å². The number of nitrogens with zero attached hydrogens (tertiary/aromatic N) is 1. The molecule has 1 N–H and O–H groups in total. The molecular weight excluding hydrogens is 317 g/mol. The van der Waals surface area contributed by atoms with Crippen LogP contribution in [0.3, 0.4) is 0 Å². The van der Waals surface area contributed by atoms with E-state index in [0.29, 0.717) is 10.0 Å². The Labute approximate surface area is 117 Å². The lowest BCUT2D eigenvalue weighted by Crippen LogP contribution is -2.02. The van der Waals surface area contributed by atoms with Gasteiger partial charge in [0.05, 0.1) is 4.47 Å². The number of rotatable bonds is 4. The number of aromatic nitrogens is 1. The Morgan fingerprint density at radius 3 is 2.79 bits per heavy atom. The summed E-state index contributed by atoms with van der Waals surface area (Å²) in [6.07, 6.45) is 1.39. The SMILES string of the molecule is O=C(O)c1ccc(COc2cccc(Br)c2F)cn1. The summed E-state index contributed by atoms with van der Waals surface area (Å²) in [4.78, 5) is 14.4. The molecule has 0 aliphatic rings. The lowest BCUT2D eigenvalue weighted by Gasteiger charge is -2.08. The first-order chi connectivity index (χ1) is 9.08. The number of aromatic carboxylic acids is 1. The number of carboxylic acids is 1. The fourth-order valence-corrected chi connectivity index (χ4v) is 1.74. The van der Waals surface area contributed by atoms with Crippen LogP contribution in [-0.2, 0) is 6.61 Å². The first-order valence-corrected chi connectivity index (χ1v) is 6.12. The van der Waals surface area contributed by atoms with Crippen LogP contribution in [0.5, 0.6) is 5.75 Å². The number of hydrogen-bond donors (Lipinski definition) is 1. The third-order valence-corrected chi connectivity index (χ3v) is 2.97. The van der Waals surface area contributed by atoms with Gasteiger partial charge in [0.2, 0.25) is 0 Å². The fraction of sp³-hybridized carbons (Fsp3) is 0.0769. The molecule has 0 saturated carbocycles. The van der Waals surface area contributed by atoms with Crippen LogP contribution in [0, 0.1) is 5.82 Å². The zero-order chi connectivity index (χ0) is 13.8. The van der Waals surface area contributed by atoms with E-state index in [-0.39, 0.29) is 18.1 Å². The number of hydrogen-bond acceptors (Lipinski definition) is 3. The highest BCUT2D eigenvalue weighted by Crippen LogP contribution is 2.25. The molecule has 1 aromatic carbocycles. The van der Waals surface area contributed by atoms with E-state index in [4.69, 9.17) is 9.84 Å². The third-order valence-electron chi connectivity index (χ3n) is 2.35. The number of carbonyl (C=O) groups is 1. The highest BCUT2D eigenvalue weighted by molar-refractivity contribution is 9.10. The van der Waals surface area contributed by atoms with Gasteiger partial charge in [-0.25, -0.2) is 14.2 Å². The Bertz CT molecular complexity index is 601. The van der Waals surface area contributed by atoms with E-state index in [1.807, 2.05) is 0 Å². The van der Waals surface area contributed by atoms with Gasteiger partial charge >= 0.3 is 5.97 Å². The van der Waals surface area contributed by atoms with Gasteiger partial charge in [0.15, 0.2) is 11.6 Å². The lowest BCUT2D eigenvalue weighted by atomic mass is 10.2. The molecule has 0 saturated heterocycles. The summed E-state index contributed by atoms with van der Waals surface area (Å²) in [5.41, 5.74) is 0.613. The van der Waals surface area contributed by atoms with Crippen molar-refractivity contribution in [1.29, 1.82) is 0 Å². The van der Waals surface area contributed by atoms with Crippen LogP contribution in [0.4, 0.5) is 4.39 Å². The van der Waals surface area contributed by atoms with Crippen molar-refractivity contribution in [2.45, 2.75) is 6.61 Å². The van der Waals surface area contributed by atoms with E-state index in [2.05, 4.69) is 20.9 Å². The summed E-state index contributed by atoms with van der Waals surface area (Å²) < 4.78 is 19.2. The molecule has 0 spiro atoms. The molecule has 0 amide bonds. The predicted octanol–water partition coefficient (Wildman–Crippen LogP) is 3.26. The Balaban J connectivity index is 2.06. The van der Waals surface area contributed by atoms with E-state index >= 15 is 0 Å². The van der Waals surface area contributed by atoms with Crippen LogP contribution in [0.1, 0.15) is 16.1 Å². The lowest BCUT2D eigenvalue weighted by molar-refractivity contribution is 0.0690. The van der Waals surface area contributed by atoms with Crippen molar-refractivity contribution < 1.29 is 19.0 Å². The van der Waals surface area contributed by atoms with Gasteiger partial charge in [0, 0.05) is 11.8 Å². The highest BCUT2D eigenvalue weighted by Gasteiger charge is 2.08. The minimum atomic E-state index is -1.09. The Morgan fingerprint density at radius 1 is 1.37 bits per heavy atom. The summed E-state index contributed by atoms with van der Waals surface area (Å²) in [5, 5.41) is 8.70. The molecule has 0 fully saturated rings. The van der Waals surface area contributed by atoms with Crippen molar-refractivity contribution in [3.05, 3.63) is 58.1 Å². The molecule has 1 heterocycles. The maximum atomic E-state index is 13.6. The molecule has 0 unspecified atom stereocenters. The monoisotopic (exact) mass is 325 g/mol. The van der Waals surface area contributed by atoms with Crippen molar-refractivity contribution in [2.24, 2.45) is 0 Å². The summed E-state index contributed by atoms with van der Waals surface area (Å²) >= 11 is 3.07. The van der Waals surface area contributed by atoms with Crippen molar-refractivity contribution in [2.75, 3.05) is 0 Å². The molecule has 0 bridgehead atoms. The van der Waals surface area contributed by atoms with Crippen molar-refractivity contribution in [3.63, 3.8) is 0 Å². The molecule has 19 heavy (non-hydrogen) atoms. The van der Waals surface area contributed by atoms with Crippen LogP contribution < -0.4 is 4.74 Å². The molecule has 98 valence electrons. The molecule has 6 heteroatoms. The molecule has 0 aliphatic carbocycles. The zero-order valence-corrected chi connectivity index (χ0v) is 11.2. The largest absolute Gasteiger partial charge is 0.486 e. The minimum Gasteiger partial charge on any atom is -0.486 e. The first-order valence-electron chi connectivity index (χ1n) is 5.33. The van der Waals surface area contributed by atoms with Gasteiger partial charge in [-0.15, -0.1) is 0 Å². The average molecular weight is 326 g/mol. The number of pyridine rings is 1. The van der Waals surface area contributed by atoms with Crippen LogP contribution >= 0.6 is 15.9 Å².